The van der Waals surface area contributed by atoms with E-state index in [1.165, 1.54) is 199 Å². The topological polar surface area (TPSA) is 237 Å². The van der Waals surface area contributed by atoms with E-state index in [0.29, 0.717) is 25.7 Å². The number of hydrogen-bond acceptors (Lipinski definition) is 15. The second-order valence-corrected chi connectivity index (χ2v) is 32.9. The molecule has 3 unspecified atom stereocenters. The summed E-state index contributed by atoms with van der Waals surface area (Å²) in [6, 6.07) is 0. The fourth-order valence-electron chi connectivity index (χ4n) is 11.9. The van der Waals surface area contributed by atoms with Gasteiger partial charge in [0.15, 0.2) is 12.2 Å². The second-order valence-electron chi connectivity index (χ2n) is 30.0. The van der Waals surface area contributed by atoms with Crippen LogP contribution in [0.25, 0.3) is 0 Å². The van der Waals surface area contributed by atoms with E-state index in [1.807, 2.05) is 0 Å². The summed E-state index contributed by atoms with van der Waals surface area (Å²) in [7, 11) is -9.92. The molecule has 19 heteroatoms. The van der Waals surface area contributed by atoms with Crippen molar-refractivity contribution in [2.24, 2.45) is 23.7 Å². The van der Waals surface area contributed by atoms with Crippen molar-refractivity contribution in [3.05, 3.63) is 0 Å². The lowest BCUT2D eigenvalue weighted by Gasteiger charge is -2.21. The van der Waals surface area contributed by atoms with Crippen LogP contribution in [0.4, 0.5) is 0 Å². The molecular formula is C78H152O17P2. The lowest BCUT2D eigenvalue weighted by molar-refractivity contribution is -0.161. The van der Waals surface area contributed by atoms with Gasteiger partial charge in [-0.1, -0.05) is 344 Å². The molecule has 0 saturated heterocycles. The number of carbonyl (C=O) groups is 4. The Morgan fingerprint density at radius 3 is 0.639 bits per heavy atom. The lowest BCUT2D eigenvalue weighted by atomic mass is 10.0. The molecule has 0 fully saturated rings. The third-order valence-corrected chi connectivity index (χ3v) is 20.0. The van der Waals surface area contributed by atoms with E-state index < -0.39 is 97.5 Å². The Balaban J connectivity index is 5.26. The molecule has 97 heavy (non-hydrogen) atoms. The van der Waals surface area contributed by atoms with E-state index in [0.717, 1.165) is 114 Å². The third-order valence-electron chi connectivity index (χ3n) is 18.1. The molecule has 0 saturated carbocycles. The van der Waals surface area contributed by atoms with Crippen molar-refractivity contribution in [2.75, 3.05) is 39.6 Å². The van der Waals surface area contributed by atoms with Crippen molar-refractivity contribution in [1.29, 1.82) is 0 Å². The van der Waals surface area contributed by atoms with Crippen LogP contribution in [0.2, 0.25) is 0 Å². The highest BCUT2D eigenvalue weighted by Gasteiger charge is 2.30. The standard InChI is InChI=1S/C78H152O17P2/c1-68(2)54-46-38-30-22-16-12-9-10-14-18-25-34-42-50-58-75(80)88-64-73(94-77(82)60-52-44-36-26-19-15-11-13-17-23-31-39-47-55-69(3)4)66-92-96(84,85)90-62-72(79)63-91-97(86,87)93-67-74(65-89-76(81)59-51-43-35-29-28-33-41-49-57-71(7)8)95-78(83)61-53-45-37-27-21-20-24-32-40-48-56-70(5)6/h68-74,79H,9-67H2,1-8H3,(H,84,85)(H,86,87)/t72?,73-,74-/m1/s1. The summed E-state index contributed by atoms with van der Waals surface area (Å²) in [6.07, 6.45) is 52.7. The Bertz CT molecular complexity index is 1900. The summed E-state index contributed by atoms with van der Waals surface area (Å²) in [5.74, 6) is 0.946. The minimum Gasteiger partial charge on any atom is -0.462 e. The molecule has 0 aliphatic heterocycles. The van der Waals surface area contributed by atoms with Crippen LogP contribution in [0.5, 0.6) is 0 Å². The van der Waals surface area contributed by atoms with Crippen LogP contribution in [-0.2, 0) is 65.4 Å². The first-order valence-electron chi connectivity index (χ1n) is 40.2. The van der Waals surface area contributed by atoms with E-state index in [-0.39, 0.29) is 25.7 Å². The van der Waals surface area contributed by atoms with E-state index in [2.05, 4.69) is 55.4 Å². The van der Waals surface area contributed by atoms with Crippen LogP contribution in [0.1, 0.15) is 396 Å². The van der Waals surface area contributed by atoms with Gasteiger partial charge in [-0.15, -0.1) is 0 Å². The van der Waals surface area contributed by atoms with Gasteiger partial charge in [-0.3, -0.25) is 37.3 Å². The van der Waals surface area contributed by atoms with Gasteiger partial charge < -0.3 is 33.8 Å². The molecule has 576 valence electrons. The SMILES string of the molecule is CC(C)CCCCCCCCCCCCCCCCC(=O)OC[C@H](COP(=O)(O)OCC(O)COP(=O)(O)OC[C@@H](COC(=O)CCCCCCCCCCC(C)C)OC(=O)CCCCCCCCCCCCC(C)C)OC(=O)CCCCCCCCCCCCCCCC(C)C. The fourth-order valence-corrected chi connectivity index (χ4v) is 13.5. The molecule has 0 bridgehead atoms. The Labute approximate surface area is 594 Å². The largest absolute Gasteiger partial charge is 0.472 e. The highest BCUT2D eigenvalue weighted by atomic mass is 31.2. The molecule has 0 amide bonds. The van der Waals surface area contributed by atoms with Crippen molar-refractivity contribution < 1.29 is 80.2 Å². The van der Waals surface area contributed by atoms with Crippen LogP contribution in [-0.4, -0.2) is 96.7 Å². The molecule has 0 radical (unpaired) electrons. The molecule has 0 aromatic heterocycles. The summed E-state index contributed by atoms with van der Waals surface area (Å²) in [6.45, 7) is 14.2. The minimum absolute atomic E-state index is 0.105. The Morgan fingerprint density at radius 2 is 0.433 bits per heavy atom. The minimum atomic E-state index is -4.96. The molecule has 0 aliphatic carbocycles. The average Bonchev–Trinajstić information content (AvgIpc) is 1.13. The summed E-state index contributed by atoms with van der Waals surface area (Å²) in [5.41, 5.74) is 0. The number of ether oxygens (including phenoxy) is 4. The zero-order chi connectivity index (χ0) is 71.7. The summed E-state index contributed by atoms with van der Waals surface area (Å²) < 4.78 is 68.6. The summed E-state index contributed by atoms with van der Waals surface area (Å²) >= 11 is 0. The van der Waals surface area contributed by atoms with Gasteiger partial charge in [0.1, 0.15) is 19.3 Å². The van der Waals surface area contributed by atoms with Gasteiger partial charge in [-0.25, -0.2) is 9.13 Å². The maximum absolute atomic E-state index is 13.1. The van der Waals surface area contributed by atoms with E-state index >= 15 is 0 Å². The predicted octanol–water partition coefficient (Wildman–Crippen LogP) is 22.8. The quantitative estimate of drug-likeness (QED) is 0.0222. The number of unbranched alkanes of at least 4 members (excludes halogenated alkanes) is 41. The molecule has 0 rings (SSSR count). The third kappa shape index (κ3) is 72.2. The smallest absolute Gasteiger partial charge is 0.462 e. The Morgan fingerprint density at radius 1 is 0.258 bits per heavy atom. The Hall–Kier alpha value is -1.94. The van der Waals surface area contributed by atoms with Gasteiger partial charge >= 0.3 is 39.5 Å². The highest BCUT2D eigenvalue weighted by molar-refractivity contribution is 7.47. The van der Waals surface area contributed by atoms with Gasteiger partial charge in [0.05, 0.1) is 26.4 Å². The van der Waals surface area contributed by atoms with Crippen LogP contribution in [0, 0.1) is 23.7 Å². The number of aliphatic hydroxyl groups excluding tert-OH is 1. The van der Waals surface area contributed by atoms with E-state index in [4.69, 9.17) is 37.0 Å². The first-order valence-corrected chi connectivity index (χ1v) is 43.2. The van der Waals surface area contributed by atoms with Crippen molar-refractivity contribution in [2.45, 2.75) is 414 Å². The molecule has 3 N–H and O–H groups in total. The predicted molar refractivity (Wildman–Crippen MR) is 395 cm³/mol. The fraction of sp³-hybridized carbons (Fsp3) is 0.949. The number of aliphatic hydroxyl groups is 1. The second kappa shape index (κ2) is 67.2. The van der Waals surface area contributed by atoms with Gasteiger partial charge in [0, 0.05) is 25.7 Å². The molecule has 0 aromatic rings. The number of hydrogen-bond donors (Lipinski definition) is 3. The lowest BCUT2D eigenvalue weighted by Crippen LogP contribution is -2.30. The van der Waals surface area contributed by atoms with Crippen LogP contribution >= 0.6 is 15.6 Å². The van der Waals surface area contributed by atoms with Crippen molar-refractivity contribution in [3.63, 3.8) is 0 Å². The number of phosphoric acid groups is 2. The summed E-state index contributed by atoms with van der Waals surface area (Å²) in [5, 5.41) is 10.6. The molecule has 17 nitrogen and oxygen atoms in total. The molecule has 5 atom stereocenters. The van der Waals surface area contributed by atoms with Gasteiger partial charge in [-0.2, -0.15) is 0 Å². The number of carbonyl (C=O) groups excluding carboxylic acids is 4. The van der Waals surface area contributed by atoms with Crippen LogP contribution in [0.3, 0.4) is 0 Å². The van der Waals surface area contributed by atoms with Gasteiger partial charge in [0.2, 0.25) is 0 Å². The van der Waals surface area contributed by atoms with E-state index in [1.54, 1.807) is 0 Å². The first-order chi connectivity index (χ1) is 46.6. The van der Waals surface area contributed by atoms with Gasteiger partial charge in [-0.05, 0) is 49.4 Å². The van der Waals surface area contributed by atoms with Crippen molar-refractivity contribution in [1.82, 2.24) is 0 Å². The first kappa shape index (κ1) is 95.1. The number of esters is 4. The van der Waals surface area contributed by atoms with Gasteiger partial charge in [0.25, 0.3) is 0 Å². The molecule has 0 aliphatic rings. The number of phosphoric ester groups is 2. The molecule has 0 spiro atoms. The van der Waals surface area contributed by atoms with E-state index in [9.17, 15) is 43.2 Å². The van der Waals surface area contributed by atoms with Crippen molar-refractivity contribution in [3.8, 4) is 0 Å². The zero-order valence-electron chi connectivity index (χ0n) is 63.7. The monoisotopic (exact) mass is 1420 g/mol. The zero-order valence-corrected chi connectivity index (χ0v) is 65.5. The number of rotatable bonds is 75. The Kier molecular flexibility index (Phi) is 65.9. The average molecular weight is 1420 g/mol. The van der Waals surface area contributed by atoms with Crippen molar-refractivity contribution >= 4 is 39.5 Å². The van der Waals surface area contributed by atoms with Crippen LogP contribution < -0.4 is 0 Å². The molecule has 0 aromatic carbocycles. The normalized spacial score (nSPS) is 14.1. The molecular weight excluding hydrogens is 1270 g/mol. The highest BCUT2D eigenvalue weighted by Crippen LogP contribution is 2.45. The summed E-state index contributed by atoms with van der Waals surface area (Å²) in [4.78, 5) is 72.9. The van der Waals surface area contributed by atoms with Crippen LogP contribution in [0.15, 0.2) is 0 Å². The maximum Gasteiger partial charge on any atom is 0.472 e. The maximum atomic E-state index is 13.1. The molecule has 0 heterocycles.